The van der Waals surface area contributed by atoms with E-state index in [0.717, 1.165) is 35.4 Å². The number of hydrogen-bond donors (Lipinski definition) is 2. The van der Waals surface area contributed by atoms with Crippen LogP contribution in [0.25, 0.3) is 0 Å². The Morgan fingerprint density at radius 1 is 1.33 bits per heavy atom. The number of aryl methyl sites for hydroxylation is 1. The summed E-state index contributed by atoms with van der Waals surface area (Å²) in [6.07, 6.45) is 3.72. The molecule has 2 unspecified atom stereocenters. The van der Waals surface area contributed by atoms with Crippen molar-refractivity contribution in [1.29, 1.82) is 0 Å². The van der Waals surface area contributed by atoms with Gasteiger partial charge >= 0.3 is 0 Å². The van der Waals surface area contributed by atoms with Gasteiger partial charge in [0.05, 0.1) is 7.11 Å². The standard InChI is InChI=1S/C17H31N3O/c1-11-10-19-15(13(3)16(11)21-7)9-14(20-18)8-12(2)17(4,5)6/h10,12,14,20H,8-9,18H2,1-7H3. The van der Waals surface area contributed by atoms with Crippen molar-refractivity contribution >= 4 is 0 Å². The highest BCUT2D eigenvalue weighted by molar-refractivity contribution is 5.41. The maximum Gasteiger partial charge on any atom is 0.128 e. The number of hydrogen-bond acceptors (Lipinski definition) is 4. The predicted octanol–water partition coefficient (Wildman–Crippen LogP) is 3.15. The molecule has 1 heterocycles. The summed E-state index contributed by atoms with van der Waals surface area (Å²) < 4.78 is 5.48. The van der Waals surface area contributed by atoms with Gasteiger partial charge in [0.15, 0.2) is 0 Å². The summed E-state index contributed by atoms with van der Waals surface area (Å²) in [5.41, 5.74) is 6.47. The molecule has 4 heteroatoms. The van der Waals surface area contributed by atoms with Gasteiger partial charge in [-0.15, -0.1) is 0 Å². The molecule has 0 aromatic carbocycles. The minimum Gasteiger partial charge on any atom is -0.496 e. The zero-order valence-electron chi connectivity index (χ0n) is 14.6. The molecule has 1 aromatic rings. The van der Waals surface area contributed by atoms with Crippen molar-refractivity contribution in [3.8, 4) is 5.75 Å². The molecule has 0 aliphatic heterocycles. The number of nitrogens with two attached hydrogens (primary N) is 1. The molecule has 0 fully saturated rings. The Morgan fingerprint density at radius 3 is 2.43 bits per heavy atom. The van der Waals surface area contributed by atoms with Gasteiger partial charge in [0, 0.05) is 35.5 Å². The molecule has 1 rings (SSSR count). The van der Waals surface area contributed by atoms with E-state index >= 15 is 0 Å². The fraction of sp³-hybridized carbons (Fsp3) is 0.706. The highest BCUT2D eigenvalue weighted by atomic mass is 16.5. The lowest BCUT2D eigenvalue weighted by atomic mass is 9.78. The third-order valence-corrected chi connectivity index (χ3v) is 4.54. The number of pyridine rings is 1. The Morgan fingerprint density at radius 2 is 1.95 bits per heavy atom. The monoisotopic (exact) mass is 293 g/mol. The fourth-order valence-electron chi connectivity index (χ4n) is 2.50. The van der Waals surface area contributed by atoms with E-state index in [0.29, 0.717) is 5.92 Å². The average molecular weight is 293 g/mol. The molecule has 0 radical (unpaired) electrons. The van der Waals surface area contributed by atoms with Crippen molar-refractivity contribution in [1.82, 2.24) is 10.4 Å². The summed E-state index contributed by atoms with van der Waals surface area (Å²) in [5.74, 6) is 7.26. The molecular weight excluding hydrogens is 262 g/mol. The van der Waals surface area contributed by atoms with Crippen LogP contribution in [-0.4, -0.2) is 18.1 Å². The zero-order valence-corrected chi connectivity index (χ0v) is 14.6. The molecule has 0 aliphatic rings. The SMILES string of the molecule is COc1c(C)cnc(CC(CC(C)C(C)(C)C)NN)c1C. The van der Waals surface area contributed by atoms with E-state index in [9.17, 15) is 0 Å². The lowest BCUT2D eigenvalue weighted by Crippen LogP contribution is -2.40. The van der Waals surface area contributed by atoms with Gasteiger partial charge in [0.25, 0.3) is 0 Å². The van der Waals surface area contributed by atoms with Gasteiger partial charge in [-0.1, -0.05) is 27.7 Å². The van der Waals surface area contributed by atoms with Crippen molar-refractivity contribution in [3.63, 3.8) is 0 Å². The average Bonchev–Trinajstić information content (AvgIpc) is 2.40. The molecule has 1 aromatic heterocycles. The number of nitrogens with one attached hydrogen (secondary N) is 1. The van der Waals surface area contributed by atoms with Crippen molar-refractivity contribution in [2.45, 2.75) is 60.4 Å². The summed E-state index contributed by atoms with van der Waals surface area (Å²) in [6, 6.07) is 0.220. The van der Waals surface area contributed by atoms with Crippen LogP contribution in [0.2, 0.25) is 0 Å². The first-order chi connectivity index (χ1) is 9.70. The van der Waals surface area contributed by atoms with Crippen LogP contribution in [-0.2, 0) is 6.42 Å². The van der Waals surface area contributed by atoms with Crippen molar-refractivity contribution in [2.75, 3.05) is 7.11 Å². The van der Waals surface area contributed by atoms with Crippen LogP contribution in [0.5, 0.6) is 5.75 Å². The van der Waals surface area contributed by atoms with Gasteiger partial charge in [0.2, 0.25) is 0 Å². The number of hydrazine groups is 1. The van der Waals surface area contributed by atoms with E-state index in [4.69, 9.17) is 10.6 Å². The second-order valence-electron chi connectivity index (χ2n) is 7.12. The second-order valence-corrected chi connectivity index (χ2v) is 7.12. The highest BCUT2D eigenvalue weighted by Crippen LogP contribution is 2.30. The molecule has 3 N–H and O–H groups in total. The largest absolute Gasteiger partial charge is 0.496 e. The van der Waals surface area contributed by atoms with Crippen LogP contribution in [0, 0.1) is 25.2 Å². The maximum absolute atomic E-state index is 5.75. The van der Waals surface area contributed by atoms with E-state index in [-0.39, 0.29) is 11.5 Å². The molecule has 21 heavy (non-hydrogen) atoms. The highest BCUT2D eigenvalue weighted by Gasteiger charge is 2.24. The predicted molar refractivity (Wildman–Crippen MR) is 88.3 cm³/mol. The van der Waals surface area contributed by atoms with Crippen molar-refractivity contribution in [2.24, 2.45) is 17.2 Å². The summed E-state index contributed by atoms with van der Waals surface area (Å²) in [5, 5.41) is 0. The van der Waals surface area contributed by atoms with Crippen LogP contribution in [0.15, 0.2) is 6.20 Å². The normalized spacial score (nSPS) is 14.9. The molecule has 0 aliphatic carbocycles. The molecule has 2 atom stereocenters. The van der Waals surface area contributed by atoms with Gasteiger partial charge < -0.3 is 4.74 Å². The first kappa shape index (κ1) is 17.9. The first-order valence-corrected chi connectivity index (χ1v) is 7.65. The Balaban J connectivity index is 2.88. The van der Waals surface area contributed by atoms with Crippen molar-refractivity contribution in [3.05, 3.63) is 23.0 Å². The molecular formula is C17H31N3O. The zero-order chi connectivity index (χ0) is 16.2. The van der Waals surface area contributed by atoms with Crippen LogP contribution in [0.4, 0.5) is 0 Å². The summed E-state index contributed by atoms with van der Waals surface area (Å²) in [7, 11) is 1.71. The van der Waals surface area contributed by atoms with Crippen LogP contribution in [0.1, 0.15) is 50.9 Å². The summed E-state index contributed by atoms with van der Waals surface area (Å²) in [6.45, 7) is 13.2. The van der Waals surface area contributed by atoms with Gasteiger partial charge in [0.1, 0.15) is 5.75 Å². The molecule has 0 bridgehead atoms. The quantitative estimate of drug-likeness (QED) is 0.625. The van der Waals surface area contributed by atoms with Gasteiger partial charge in [-0.3, -0.25) is 16.3 Å². The topological polar surface area (TPSA) is 60.2 Å². The minimum absolute atomic E-state index is 0.220. The lowest BCUT2D eigenvalue weighted by Gasteiger charge is -2.30. The number of rotatable bonds is 6. The Bertz CT molecular complexity index is 466. The van der Waals surface area contributed by atoms with Gasteiger partial charge in [-0.05, 0) is 31.6 Å². The third kappa shape index (κ3) is 4.68. The number of ether oxygens (including phenoxy) is 1. The molecule has 0 saturated carbocycles. The van der Waals surface area contributed by atoms with Gasteiger partial charge in [-0.2, -0.15) is 0 Å². The molecule has 0 saturated heterocycles. The number of methoxy groups -OCH3 is 1. The lowest BCUT2D eigenvalue weighted by molar-refractivity contribution is 0.222. The first-order valence-electron chi connectivity index (χ1n) is 7.65. The molecule has 0 amide bonds. The Hall–Kier alpha value is -1.13. The minimum atomic E-state index is 0.220. The Labute approximate surface area is 129 Å². The smallest absolute Gasteiger partial charge is 0.128 e. The number of nitrogens with zero attached hydrogens (tertiary/aromatic N) is 1. The van der Waals surface area contributed by atoms with Gasteiger partial charge in [-0.25, -0.2) is 0 Å². The third-order valence-electron chi connectivity index (χ3n) is 4.54. The van der Waals surface area contributed by atoms with E-state index in [1.807, 2.05) is 13.1 Å². The maximum atomic E-state index is 5.75. The molecule has 0 spiro atoms. The molecule has 4 nitrogen and oxygen atoms in total. The van der Waals surface area contributed by atoms with E-state index < -0.39 is 0 Å². The van der Waals surface area contributed by atoms with E-state index in [1.54, 1.807) is 7.11 Å². The van der Waals surface area contributed by atoms with E-state index in [2.05, 4.69) is 45.0 Å². The Kier molecular flexibility index (Phi) is 6.17. The summed E-state index contributed by atoms with van der Waals surface area (Å²) in [4.78, 5) is 4.57. The van der Waals surface area contributed by atoms with Crippen LogP contribution < -0.4 is 16.0 Å². The van der Waals surface area contributed by atoms with E-state index in [1.165, 1.54) is 0 Å². The number of aromatic nitrogens is 1. The summed E-state index contributed by atoms with van der Waals surface area (Å²) >= 11 is 0. The van der Waals surface area contributed by atoms with Crippen molar-refractivity contribution < 1.29 is 4.74 Å². The second kappa shape index (κ2) is 7.23. The molecule has 120 valence electrons. The van der Waals surface area contributed by atoms with Crippen LogP contribution >= 0.6 is 0 Å². The fourth-order valence-corrected chi connectivity index (χ4v) is 2.50. The van der Waals surface area contributed by atoms with Crippen LogP contribution in [0.3, 0.4) is 0 Å².